The Morgan fingerprint density at radius 1 is 0.800 bits per heavy atom. The molecule has 0 spiro atoms. The van der Waals surface area contributed by atoms with Crippen molar-refractivity contribution >= 4 is 87.1 Å². The van der Waals surface area contributed by atoms with Crippen molar-refractivity contribution in [1.29, 1.82) is 0 Å². The van der Waals surface area contributed by atoms with E-state index < -0.39 is 0 Å². The van der Waals surface area contributed by atoms with Crippen LogP contribution >= 0.6 is 0 Å². The van der Waals surface area contributed by atoms with Gasteiger partial charge in [0.15, 0.2) is 0 Å². The summed E-state index contributed by atoms with van der Waals surface area (Å²) >= 11 is 0. The fraction of sp³-hybridized carbons (Fsp3) is 0.0857. The highest BCUT2D eigenvalue weighted by Crippen LogP contribution is 2.38. The van der Waals surface area contributed by atoms with E-state index in [0.717, 1.165) is 72.1 Å². The molecule has 0 saturated heterocycles. The standard InChI is InChI=1S/C35H31BN4/c1-7-14-24-21(6)27-20-37-35(39-34(27)25(15-8-2)22(24)9-3)36-40-30-17-13-12-16-26(30)33-31(40)19-18-29-32(33)23(10-4)28(11-5)38-29/h7-20,36,38H,3-5H2,1-2,6H3/b14-7-,15-8-. The normalized spacial score (nSPS) is 12.0. The van der Waals surface area contributed by atoms with E-state index in [0.29, 0.717) is 7.41 Å². The molecule has 0 bridgehead atoms. The Morgan fingerprint density at radius 2 is 1.55 bits per heavy atom. The molecule has 0 saturated carbocycles. The summed E-state index contributed by atoms with van der Waals surface area (Å²) in [6.45, 7) is 18.4. The number of hydrogen-bond acceptors (Lipinski definition) is 2. The molecule has 3 aromatic heterocycles. The third-order valence-electron chi connectivity index (χ3n) is 7.83. The van der Waals surface area contributed by atoms with Crippen molar-refractivity contribution in [1.82, 2.24) is 19.4 Å². The van der Waals surface area contributed by atoms with E-state index in [1.54, 1.807) is 0 Å². The first-order valence-corrected chi connectivity index (χ1v) is 13.6. The second-order valence-corrected chi connectivity index (χ2v) is 9.96. The van der Waals surface area contributed by atoms with E-state index in [4.69, 9.17) is 9.97 Å². The second kappa shape index (κ2) is 10.0. The molecule has 0 unspecified atom stereocenters. The topological polar surface area (TPSA) is 46.5 Å². The smallest absolute Gasteiger partial charge is 0.321 e. The Hall–Kier alpha value is -4.90. The molecule has 5 heteroatoms. The van der Waals surface area contributed by atoms with Gasteiger partial charge < -0.3 is 9.46 Å². The number of aryl methyl sites for hydroxylation is 1. The predicted molar refractivity (Wildman–Crippen MR) is 177 cm³/mol. The first-order valence-electron chi connectivity index (χ1n) is 13.6. The van der Waals surface area contributed by atoms with Crippen molar-refractivity contribution in [2.24, 2.45) is 0 Å². The number of rotatable bonds is 7. The predicted octanol–water partition coefficient (Wildman–Crippen LogP) is 8.05. The van der Waals surface area contributed by atoms with Gasteiger partial charge in [-0.1, -0.05) is 74.4 Å². The van der Waals surface area contributed by atoms with Crippen molar-refractivity contribution in [2.45, 2.75) is 20.8 Å². The molecule has 0 aliphatic heterocycles. The summed E-state index contributed by atoms with van der Waals surface area (Å²) in [4.78, 5) is 13.6. The molecule has 6 rings (SSSR count). The monoisotopic (exact) mass is 518 g/mol. The van der Waals surface area contributed by atoms with E-state index in [-0.39, 0.29) is 0 Å². The van der Waals surface area contributed by atoms with Crippen LogP contribution in [-0.2, 0) is 0 Å². The van der Waals surface area contributed by atoms with Gasteiger partial charge >= 0.3 is 7.41 Å². The summed E-state index contributed by atoms with van der Waals surface area (Å²) in [5, 5.41) is 4.61. The van der Waals surface area contributed by atoms with Crippen LogP contribution in [-0.4, -0.2) is 26.8 Å². The zero-order valence-corrected chi connectivity index (χ0v) is 23.3. The molecule has 0 amide bonds. The molecule has 3 aromatic carbocycles. The maximum absolute atomic E-state index is 5.18. The number of fused-ring (bicyclic) bond motifs is 6. The lowest BCUT2D eigenvalue weighted by Crippen LogP contribution is -2.28. The number of nitrogens with zero attached hydrogens (tertiary/aromatic N) is 3. The fourth-order valence-corrected chi connectivity index (χ4v) is 6.09. The van der Waals surface area contributed by atoms with Crippen LogP contribution in [0.15, 0.2) is 74.5 Å². The molecule has 4 nitrogen and oxygen atoms in total. The second-order valence-electron chi connectivity index (χ2n) is 9.96. The van der Waals surface area contributed by atoms with Gasteiger partial charge in [-0.2, -0.15) is 0 Å². The number of benzene rings is 3. The van der Waals surface area contributed by atoms with Gasteiger partial charge in [-0.05, 0) is 61.7 Å². The van der Waals surface area contributed by atoms with Crippen molar-refractivity contribution in [3.8, 4) is 0 Å². The van der Waals surface area contributed by atoms with Crippen LogP contribution in [0.2, 0.25) is 0 Å². The number of hydrogen-bond donors (Lipinski definition) is 1. The first kappa shape index (κ1) is 25.4. The number of aromatic amines is 1. The highest BCUT2D eigenvalue weighted by molar-refractivity contribution is 6.53. The minimum Gasteiger partial charge on any atom is -0.380 e. The third kappa shape index (κ3) is 3.69. The Balaban J connectivity index is 1.63. The van der Waals surface area contributed by atoms with Gasteiger partial charge in [-0.3, -0.25) is 0 Å². The Morgan fingerprint density at radius 3 is 2.27 bits per heavy atom. The minimum atomic E-state index is 0.544. The molecule has 0 atom stereocenters. The molecule has 6 aromatic rings. The average molecular weight is 518 g/mol. The van der Waals surface area contributed by atoms with Crippen molar-refractivity contribution < 1.29 is 0 Å². The maximum atomic E-state index is 5.18. The van der Waals surface area contributed by atoms with Crippen molar-refractivity contribution in [3.63, 3.8) is 0 Å². The summed E-state index contributed by atoms with van der Waals surface area (Å²) in [5.41, 5.74) is 11.6. The SMILES string of the molecule is C=Cc1[nH]c2ccc3c(c4ccccc4n3Bc3ncc4c(C)c(/C=C\C)c(C=C)c(/C=C\C)c4n3)c2c1C=C. The number of para-hydroxylation sites is 1. The van der Waals surface area contributed by atoms with E-state index in [1.807, 2.05) is 38.3 Å². The van der Waals surface area contributed by atoms with Gasteiger partial charge in [0, 0.05) is 61.1 Å². The van der Waals surface area contributed by atoms with Crippen LogP contribution in [0.5, 0.6) is 0 Å². The molecular formula is C35H31BN4. The quantitative estimate of drug-likeness (QED) is 0.217. The minimum absolute atomic E-state index is 0.544. The van der Waals surface area contributed by atoms with Gasteiger partial charge in [0.05, 0.1) is 5.52 Å². The maximum Gasteiger partial charge on any atom is 0.321 e. The highest BCUT2D eigenvalue weighted by Gasteiger charge is 2.20. The van der Waals surface area contributed by atoms with Crippen LogP contribution in [0.1, 0.15) is 47.4 Å². The summed E-state index contributed by atoms with van der Waals surface area (Å²) in [5.74, 6) is 0. The zero-order valence-electron chi connectivity index (χ0n) is 23.3. The lowest BCUT2D eigenvalue weighted by Gasteiger charge is -2.15. The van der Waals surface area contributed by atoms with Gasteiger partial charge in [0.25, 0.3) is 0 Å². The summed E-state index contributed by atoms with van der Waals surface area (Å²) < 4.78 is 2.32. The van der Waals surface area contributed by atoms with Crippen molar-refractivity contribution in [2.75, 3.05) is 0 Å². The van der Waals surface area contributed by atoms with E-state index in [9.17, 15) is 0 Å². The molecule has 0 aliphatic rings. The Labute approximate surface area is 235 Å². The summed E-state index contributed by atoms with van der Waals surface area (Å²) in [6, 6.07) is 12.9. The molecule has 0 fully saturated rings. The molecule has 0 aliphatic carbocycles. The van der Waals surface area contributed by atoms with Crippen molar-refractivity contribution in [3.05, 3.63) is 108 Å². The molecule has 3 heterocycles. The largest absolute Gasteiger partial charge is 0.380 e. The number of allylic oxidation sites excluding steroid dienone is 2. The van der Waals surface area contributed by atoms with E-state index >= 15 is 0 Å². The summed E-state index contributed by atoms with van der Waals surface area (Å²) in [7, 11) is 0.544. The summed E-state index contributed by atoms with van der Waals surface area (Å²) in [6.07, 6.45) is 16.1. The number of H-pyrrole nitrogens is 1. The molecule has 1 N–H and O–H groups in total. The highest BCUT2D eigenvalue weighted by atomic mass is 14.9. The zero-order chi connectivity index (χ0) is 28.0. The molecule has 194 valence electrons. The van der Waals surface area contributed by atoms with Crippen LogP contribution in [0.4, 0.5) is 0 Å². The fourth-order valence-electron chi connectivity index (χ4n) is 6.09. The van der Waals surface area contributed by atoms with Gasteiger partial charge in [-0.25, -0.2) is 9.97 Å². The van der Waals surface area contributed by atoms with E-state index in [2.05, 4.69) is 96.8 Å². The lowest BCUT2D eigenvalue weighted by molar-refractivity contribution is 1.25. The first-order chi connectivity index (χ1) is 19.6. The Kier molecular flexibility index (Phi) is 6.35. The van der Waals surface area contributed by atoms with Crippen LogP contribution in [0.3, 0.4) is 0 Å². The van der Waals surface area contributed by atoms with Crippen LogP contribution < -0.4 is 5.72 Å². The average Bonchev–Trinajstić information content (AvgIpc) is 3.50. The van der Waals surface area contributed by atoms with E-state index in [1.165, 1.54) is 10.8 Å². The third-order valence-corrected chi connectivity index (χ3v) is 7.83. The Bertz CT molecular complexity index is 2070. The van der Waals surface area contributed by atoms with Gasteiger partial charge in [0.1, 0.15) is 5.72 Å². The number of nitrogens with one attached hydrogen (secondary N) is 1. The van der Waals surface area contributed by atoms with Gasteiger partial charge in [-0.15, -0.1) is 0 Å². The molecule has 40 heavy (non-hydrogen) atoms. The number of aromatic nitrogens is 4. The lowest BCUT2D eigenvalue weighted by atomic mass is 9.89. The van der Waals surface area contributed by atoms with Crippen LogP contribution in [0, 0.1) is 6.92 Å². The van der Waals surface area contributed by atoms with Crippen LogP contribution in [0.25, 0.3) is 74.0 Å². The molecular weight excluding hydrogens is 487 g/mol. The van der Waals surface area contributed by atoms with Gasteiger partial charge in [0.2, 0.25) is 0 Å². The molecule has 0 radical (unpaired) electrons.